The molecule has 0 radical (unpaired) electrons. The number of hydrogen-bond acceptors (Lipinski definition) is 2. The number of unbranched alkanes of at least 4 members (excludes halogenated alkanes) is 1. The van der Waals surface area contributed by atoms with E-state index >= 15 is 0 Å². The highest BCUT2D eigenvalue weighted by Crippen LogP contribution is 2.19. The van der Waals surface area contributed by atoms with Gasteiger partial charge in [-0.25, -0.2) is 0 Å². The molecule has 0 aliphatic carbocycles. The van der Waals surface area contributed by atoms with Crippen LogP contribution in [0.5, 0.6) is 0 Å². The lowest BCUT2D eigenvalue weighted by Crippen LogP contribution is -2.30. The summed E-state index contributed by atoms with van der Waals surface area (Å²) < 4.78 is 11.0. The van der Waals surface area contributed by atoms with Crippen molar-refractivity contribution >= 4 is 16.6 Å². The maximum absolute atomic E-state index is 5.52. The van der Waals surface area contributed by atoms with Gasteiger partial charge in [0.15, 0.2) is 16.6 Å². The first-order valence-electron chi connectivity index (χ1n) is 5.43. The minimum Gasteiger partial charge on any atom is -0.420 e. The van der Waals surface area contributed by atoms with Crippen molar-refractivity contribution in [1.29, 1.82) is 0 Å². The molecule has 2 nitrogen and oxygen atoms in total. The monoisotopic (exact) mass is 234 g/mol. The van der Waals surface area contributed by atoms with Crippen LogP contribution in [0.2, 0.25) is 38.3 Å². The maximum atomic E-state index is 5.52. The van der Waals surface area contributed by atoms with Crippen molar-refractivity contribution in [2.45, 2.75) is 51.1 Å². The van der Waals surface area contributed by atoms with Crippen LogP contribution < -0.4 is 0 Å². The average molecular weight is 234 g/mol. The van der Waals surface area contributed by atoms with Crippen LogP contribution in [-0.2, 0) is 8.85 Å². The van der Waals surface area contributed by atoms with Gasteiger partial charge in [0.05, 0.1) is 0 Å². The smallest absolute Gasteiger partial charge is 0.186 e. The van der Waals surface area contributed by atoms with Crippen LogP contribution in [0.25, 0.3) is 0 Å². The van der Waals surface area contributed by atoms with Gasteiger partial charge in [-0.2, -0.15) is 0 Å². The third-order valence-corrected chi connectivity index (χ3v) is 8.24. The van der Waals surface area contributed by atoms with E-state index in [-0.39, 0.29) is 0 Å². The Hall–Kier alpha value is 0.354. The Morgan fingerprint density at radius 1 is 0.714 bits per heavy atom. The van der Waals surface area contributed by atoms with Crippen molar-refractivity contribution in [2.24, 2.45) is 0 Å². The second-order valence-electron chi connectivity index (χ2n) is 5.13. The summed E-state index contributed by atoms with van der Waals surface area (Å²) in [5.74, 6) is 0. The molecule has 0 N–H and O–H groups in total. The van der Waals surface area contributed by atoms with Crippen molar-refractivity contribution in [3.8, 4) is 0 Å². The van der Waals surface area contributed by atoms with Gasteiger partial charge in [0.1, 0.15) is 0 Å². The maximum Gasteiger partial charge on any atom is 0.186 e. The van der Waals surface area contributed by atoms with E-state index in [1.54, 1.807) is 0 Å². The first-order chi connectivity index (χ1) is 6.33. The summed E-state index contributed by atoms with van der Waals surface area (Å²) in [7, 11) is 1.08. The van der Waals surface area contributed by atoms with E-state index in [0.717, 1.165) is 0 Å². The highest BCUT2D eigenvalue weighted by atomic mass is 28.4. The molecule has 0 unspecified atom stereocenters. The van der Waals surface area contributed by atoms with E-state index in [0.29, 0.717) is 0 Å². The molecule has 0 aromatic heterocycles. The second kappa shape index (κ2) is 6.05. The Balaban J connectivity index is 3.57. The summed E-state index contributed by atoms with van der Waals surface area (Å²) in [5, 5.41) is 0. The molecule has 0 amide bonds. The summed E-state index contributed by atoms with van der Waals surface area (Å²) in [5.41, 5.74) is 0. The first kappa shape index (κ1) is 14.4. The zero-order valence-electron chi connectivity index (χ0n) is 10.6. The summed E-state index contributed by atoms with van der Waals surface area (Å²) in [6, 6.07) is 2.55. The highest BCUT2D eigenvalue weighted by Gasteiger charge is 2.22. The van der Waals surface area contributed by atoms with Gasteiger partial charge in [-0.15, -0.1) is 0 Å². The van der Waals surface area contributed by atoms with E-state index in [4.69, 9.17) is 8.85 Å². The molecule has 0 heterocycles. The lowest BCUT2D eigenvalue weighted by atomic mass is 10.4. The topological polar surface area (TPSA) is 18.5 Å². The molecule has 0 bridgehead atoms. The normalized spacial score (nSPS) is 13.3. The van der Waals surface area contributed by atoms with Crippen LogP contribution in [0.1, 0.15) is 12.8 Å². The molecule has 0 aromatic carbocycles. The molecule has 4 heteroatoms. The molecular formula is C10H26O2Si2. The molecule has 0 aliphatic heterocycles. The van der Waals surface area contributed by atoms with Crippen molar-refractivity contribution < 1.29 is 8.85 Å². The highest BCUT2D eigenvalue weighted by molar-refractivity contribution is 6.71. The van der Waals surface area contributed by atoms with Crippen molar-refractivity contribution in [3.63, 3.8) is 0 Å². The van der Waals surface area contributed by atoms with Gasteiger partial charge in [0, 0.05) is 14.2 Å². The molecule has 0 spiro atoms. The van der Waals surface area contributed by atoms with E-state index < -0.39 is 16.6 Å². The Bertz CT molecular complexity index is 140. The van der Waals surface area contributed by atoms with Gasteiger partial charge in [-0.05, 0) is 38.3 Å². The SMILES string of the molecule is CO[Si](C)(C)CCCC[Si](C)(C)OC. The van der Waals surface area contributed by atoms with Crippen LogP contribution in [0.15, 0.2) is 0 Å². The molecule has 14 heavy (non-hydrogen) atoms. The third-order valence-electron chi connectivity index (χ3n) is 2.91. The summed E-state index contributed by atoms with van der Waals surface area (Å²) in [6.07, 6.45) is 2.60. The Morgan fingerprint density at radius 3 is 1.21 bits per heavy atom. The van der Waals surface area contributed by atoms with Gasteiger partial charge in [-0.1, -0.05) is 12.8 Å². The average Bonchev–Trinajstić information content (AvgIpc) is 2.13. The molecule has 0 aromatic rings. The van der Waals surface area contributed by atoms with Gasteiger partial charge in [0.2, 0.25) is 0 Å². The number of hydrogen-bond donors (Lipinski definition) is 0. The molecule has 0 saturated heterocycles. The predicted molar refractivity (Wildman–Crippen MR) is 67.8 cm³/mol. The lowest BCUT2D eigenvalue weighted by molar-refractivity contribution is 0.396. The van der Waals surface area contributed by atoms with Gasteiger partial charge in [0.25, 0.3) is 0 Å². The zero-order valence-corrected chi connectivity index (χ0v) is 12.6. The van der Waals surface area contributed by atoms with Gasteiger partial charge in [-0.3, -0.25) is 0 Å². The Labute approximate surface area is 91.3 Å². The molecule has 0 rings (SSSR count). The molecule has 0 fully saturated rings. The summed E-state index contributed by atoms with van der Waals surface area (Å²) >= 11 is 0. The third kappa shape index (κ3) is 6.76. The zero-order chi connectivity index (χ0) is 11.2. The van der Waals surface area contributed by atoms with Crippen molar-refractivity contribution in [3.05, 3.63) is 0 Å². The Morgan fingerprint density at radius 2 is 1.00 bits per heavy atom. The van der Waals surface area contributed by atoms with E-state index in [1.807, 2.05) is 14.2 Å². The fraction of sp³-hybridized carbons (Fsp3) is 1.00. The van der Waals surface area contributed by atoms with Crippen LogP contribution in [0.3, 0.4) is 0 Å². The van der Waals surface area contributed by atoms with Gasteiger partial charge >= 0.3 is 0 Å². The standard InChI is InChI=1S/C10H26O2Si2/c1-11-13(3,4)9-7-8-10-14(5,6)12-2/h7-10H2,1-6H3. The number of rotatable bonds is 7. The van der Waals surface area contributed by atoms with E-state index in [1.165, 1.54) is 24.9 Å². The van der Waals surface area contributed by atoms with Crippen LogP contribution in [-0.4, -0.2) is 30.9 Å². The van der Waals surface area contributed by atoms with Crippen LogP contribution in [0.4, 0.5) is 0 Å². The van der Waals surface area contributed by atoms with Crippen LogP contribution >= 0.6 is 0 Å². The molecule has 0 atom stereocenters. The molecule has 0 aliphatic rings. The lowest BCUT2D eigenvalue weighted by Gasteiger charge is -2.22. The van der Waals surface area contributed by atoms with E-state index in [2.05, 4.69) is 26.2 Å². The first-order valence-corrected chi connectivity index (χ1v) is 11.7. The largest absolute Gasteiger partial charge is 0.420 e. The fourth-order valence-electron chi connectivity index (χ4n) is 1.31. The molecular weight excluding hydrogens is 208 g/mol. The van der Waals surface area contributed by atoms with E-state index in [9.17, 15) is 0 Å². The minimum atomic E-state index is -1.31. The van der Waals surface area contributed by atoms with Crippen molar-refractivity contribution in [2.75, 3.05) is 14.2 Å². The quantitative estimate of drug-likeness (QED) is 0.496. The molecule has 0 saturated carbocycles. The summed E-state index contributed by atoms with van der Waals surface area (Å²) in [6.45, 7) is 9.13. The van der Waals surface area contributed by atoms with Gasteiger partial charge < -0.3 is 8.85 Å². The minimum absolute atomic E-state index is 1.28. The fourth-order valence-corrected chi connectivity index (χ4v) is 3.92. The van der Waals surface area contributed by atoms with Crippen molar-refractivity contribution in [1.82, 2.24) is 0 Å². The Kier molecular flexibility index (Phi) is 6.20. The van der Waals surface area contributed by atoms with Crippen LogP contribution in [0, 0.1) is 0 Å². The molecule has 86 valence electrons. The second-order valence-corrected chi connectivity index (χ2v) is 14.0. The predicted octanol–water partition coefficient (Wildman–Crippen LogP) is 3.47. The summed E-state index contributed by atoms with van der Waals surface area (Å²) in [4.78, 5) is 0.